The van der Waals surface area contributed by atoms with Gasteiger partial charge in [-0.15, -0.1) is 0 Å². The van der Waals surface area contributed by atoms with Crippen LogP contribution in [0.15, 0.2) is 41.2 Å². The topological polar surface area (TPSA) is 94.0 Å². The van der Waals surface area contributed by atoms with E-state index in [9.17, 15) is 4.79 Å². The van der Waals surface area contributed by atoms with E-state index in [0.717, 1.165) is 5.56 Å². The molecule has 3 N–H and O–H groups in total. The van der Waals surface area contributed by atoms with Gasteiger partial charge < -0.3 is 15.6 Å². The van der Waals surface area contributed by atoms with Crippen LogP contribution in [-0.2, 0) is 4.79 Å². The SMILES string of the molecule is CC(NC(=O)C(C)C(N)c1ccccc1)c1ncon1. The van der Waals surface area contributed by atoms with Crippen LogP contribution in [0.3, 0.4) is 0 Å². The second-order valence-electron chi connectivity index (χ2n) is 4.74. The molecule has 3 atom stereocenters. The van der Waals surface area contributed by atoms with E-state index in [1.54, 1.807) is 13.8 Å². The molecule has 0 fully saturated rings. The van der Waals surface area contributed by atoms with Crippen LogP contribution in [0.5, 0.6) is 0 Å². The van der Waals surface area contributed by atoms with Crippen LogP contribution in [0.2, 0.25) is 0 Å². The first kappa shape index (κ1) is 14.2. The van der Waals surface area contributed by atoms with Crippen molar-refractivity contribution in [1.82, 2.24) is 15.5 Å². The van der Waals surface area contributed by atoms with Crippen molar-refractivity contribution in [1.29, 1.82) is 0 Å². The van der Waals surface area contributed by atoms with E-state index in [0.29, 0.717) is 5.82 Å². The molecule has 1 heterocycles. The van der Waals surface area contributed by atoms with E-state index in [2.05, 4.69) is 20.0 Å². The third-order valence-corrected chi connectivity index (χ3v) is 3.26. The highest BCUT2D eigenvalue weighted by atomic mass is 16.5. The largest absolute Gasteiger partial charge is 0.346 e. The molecule has 2 rings (SSSR count). The van der Waals surface area contributed by atoms with Crippen molar-refractivity contribution in [2.75, 3.05) is 0 Å². The lowest BCUT2D eigenvalue weighted by Gasteiger charge is -2.21. The van der Waals surface area contributed by atoms with Gasteiger partial charge in [0, 0.05) is 6.04 Å². The highest BCUT2D eigenvalue weighted by Gasteiger charge is 2.24. The van der Waals surface area contributed by atoms with Gasteiger partial charge in [-0.2, -0.15) is 4.98 Å². The maximum Gasteiger partial charge on any atom is 0.225 e. The van der Waals surface area contributed by atoms with Crippen molar-refractivity contribution in [3.8, 4) is 0 Å². The van der Waals surface area contributed by atoms with Crippen LogP contribution in [-0.4, -0.2) is 16.0 Å². The Balaban J connectivity index is 1.98. The van der Waals surface area contributed by atoms with Crippen LogP contribution < -0.4 is 11.1 Å². The maximum absolute atomic E-state index is 12.2. The first-order valence-corrected chi connectivity index (χ1v) is 6.46. The van der Waals surface area contributed by atoms with Crippen LogP contribution in [0.25, 0.3) is 0 Å². The van der Waals surface area contributed by atoms with Crippen LogP contribution in [0, 0.1) is 5.92 Å². The van der Waals surface area contributed by atoms with E-state index in [1.165, 1.54) is 6.39 Å². The number of hydrogen-bond acceptors (Lipinski definition) is 5. The fraction of sp³-hybridized carbons (Fsp3) is 0.357. The number of benzene rings is 1. The smallest absolute Gasteiger partial charge is 0.225 e. The molecule has 6 heteroatoms. The van der Waals surface area contributed by atoms with E-state index in [-0.39, 0.29) is 23.9 Å². The number of aromatic nitrogens is 2. The van der Waals surface area contributed by atoms with Crippen LogP contribution in [0.1, 0.15) is 37.3 Å². The molecule has 2 aromatic rings. The standard InChI is InChI=1S/C14H18N4O2/c1-9(12(15)11-6-4-3-5-7-11)14(19)17-10(2)13-16-8-20-18-13/h3-10,12H,15H2,1-2H3,(H,17,19). The van der Waals surface area contributed by atoms with Gasteiger partial charge in [0.2, 0.25) is 12.3 Å². The lowest BCUT2D eigenvalue weighted by molar-refractivity contribution is -0.125. The summed E-state index contributed by atoms with van der Waals surface area (Å²) in [5.41, 5.74) is 7.06. The maximum atomic E-state index is 12.2. The number of hydrogen-bond donors (Lipinski definition) is 2. The summed E-state index contributed by atoms with van der Waals surface area (Å²) in [6.45, 7) is 3.60. The molecular weight excluding hydrogens is 256 g/mol. The number of carbonyl (C=O) groups excluding carboxylic acids is 1. The molecule has 1 aromatic heterocycles. The number of rotatable bonds is 5. The summed E-state index contributed by atoms with van der Waals surface area (Å²) in [5.74, 6) is -0.0516. The Hall–Kier alpha value is -2.21. The average molecular weight is 274 g/mol. The molecule has 0 saturated heterocycles. The van der Waals surface area contributed by atoms with Crippen molar-refractivity contribution in [2.24, 2.45) is 11.7 Å². The van der Waals surface area contributed by atoms with Gasteiger partial charge in [0.05, 0.1) is 12.0 Å². The lowest BCUT2D eigenvalue weighted by atomic mass is 9.94. The van der Waals surface area contributed by atoms with Crippen molar-refractivity contribution >= 4 is 5.91 Å². The van der Waals surface area contributed by atoms with E-state index in [4.69, 9.17) is 5.73 Å². The number of carbonyl (C=O) groups is 1. The Morgan fingerprint density at radius 1 is 1.30 bits per heavy atom. The fourth-order valence-electron chi connectivity index (χ4n) is 1.91. The summed E-state index contributed by atoms with van der Waals surface area (Å²) < 4.78 is 4.66. The summed E-state index contributed by atoms with van der Waals surface area (Å²) >= 11 is 0. The minimum absolute atomic E-state index is 0.140. The normalized spacial score (nSPS) is 15.3. The number of nitrogens with zero attached hydrogens (tertiary/aromatic N) is 2. The molecule has 0 saturated carbocycles. The zero-order chi connectivity index (χ0) is 14.5. The molecule has 20 heavy (non-hydrogen) atoms. The van der Waals surface area contributed by atoms with Crippen LogP contribution >= 0.6 is 0 Å². The number of nitrogens with two attached hydrogens (primary N) is 1. The highest BCUT2D eigenvalue weighted by molar-refractivity contribution is 5.79. The van der Waals surface area contributed by atoms with E-state index in [1.807, 2.05) is 30.3 Å². The molecule has 0 bridgehead atoms. The zero-order valence-electron chi connectivity index (χ0n) is 11.5. The molecule has 1 amide bonds. The zero-order valence-corrected chi connectivity index (χ0v) is 11.5. The van der Waals surface area contributed by atoms with E-state index >= 15 is 0 Å². The van der Waals surface area contributed by atoms with Gasteiger partial charge in [-0.1, -0.05) is 42.4 Å². The summed E-state index contributed by atoms with van der Waals surface area (Å²) in [4.78, 5) is 16.1. The monoisotopic (exact) mass is 274 g/mol. The molecule has 6 nitrogen and oxygen atoms in total. The molecule has 0 spiro atoms. The summed E-state index contributed by atoms with van der Waals surface area (Å²) in [6, 6.07) is 8.89. The lowest BCUT2D eigenvalue weighted by Crippen LogP contribution is -2.37. The van der Waals surface area contributed by atoms with Gasteiger partial charge >= 0.3 is 0 Å². The Kier molecular flexibility index (Phi) is 4.47. The molecule has 0 aliphatic carbocycles. The van der Waals surface area contributed by atoms with Gasteiger partial charge in [-0.25, -0.2) is 0 Å². The fourth-order valence-corrected chi connectivity index (χ4v) is 1.91. The van der Waals surface area contributed by atoms with Gasteiger partial charge in [-0.05, 0) is 12.5 Å². The molecular formula is C14H18N4O2. The Morgan fingerprint density at radius 2 is 2.00 bits per heavy atom. The minimum atomic E-state index is -0.355. The molecule has 0 radical (unpaired) electrons. The molecule has 0 aliphatic rings. The Labute approximate surface area is 117 Å². The van der Waals surface area contributed by atoms with Gasteiger partial charge in [0.1, 0.15) is 0 Å². The summed E-state index contributed by atoms with van der Waals surface area (Å²) in [6.07, 6.45) is 1.23. The van der Waals surface area contributed by atoms with Crippen LogP contribution in [0.4, 0.5) is 0 Å². The van der Waals surface area contributed by atoms with Gasteiger partial charge in [0.15, 0.2) is 5.82 Å². The predicted octanol–water partition coefficient (Wildman–Crippen LogP) is 1.58. The quantitative estimate of drug-likeness (QED) is 0.863. The molecule has 106 valence electrons. The second kappa shape index (κ2) is 6.29. The third-order valence-electron chi connectivity index (χ3n) is 3.26. The third kappa shape index (κ3) is 3.21. The van der Waals surface area contributed by atoms with Gasteiger partial charge in [-0.3, -0.25) is 4.79 Å². The second-order valence-corrected chi connectivity index (χ2v) is 4.74. The molecule has 0 aliphatic heterocycles. The van der Waals surface area contributed by atoms with Crippen molar-refractivity contribution in [3.05, 3.63) is 48.1 Å². The minimum Gasteiger partial charge on any atom is -0.346 e. The number of nitrogens with one attached hydrogen (secondary N) is 1. The molecule has 3 unspecified atom stereocenters. The van der Waals surface area contributed by atoms with Crippen molar-refractivity contribution in [2.45, 2.75) is 25.9 Å². The van der Waals surface area contributed by atoms with E-state index < -0.39 is 0 Å². The first-order valence-electron chi connectivity index (χ1n) is 6.46. The van der Waals surface area contributed by atoms with Crippen molar-refractivity contribution in [3.63, 3.8) is 0 Å². The predicted molar refractivity (Wildman–Crippen MR) is 73.4 cm³/mol. The number of amides is 1. The average Bonchev–Trinajstić information content (AvgIpc) is 3.01. The molecule has 1 aromatic carbocycles. The summed E-state index contributed by atoms with van der Waals surface area (Å²) in [7, 11) is 0. The highest BCUT2D eigenvalue weighted by Crippen LogP contribution is 2.20. The van der Waals surface area contributed by atoms with Gasteiger partial charge in [0.25, 0.3) is 0 Å². The van der Waals surface area contributed by atoms with Crippen molar-refractivity contribution < 1.29 is 9.32 Å². The Bertz CT molecular complexity index is 542. The Morgan fingerprint density at radius 3 is 2.60 bits per heavy atom. The first-order chi connectivity index (χ1) is 9.59. The summed E-state index contributed by atoms with van der Waals surface area (Å²) in [5, 5.41) is 6.53.